The van der Waals surface area contributed by atoms with E-state index in [9.17, 15) is 0 Å². The van der Waals surface area contributed by atoms with Crippen LogP contribution in [0.15, 0.2) is 12.4 Å². The fraction of sp³-hybridized carbons (Fsp3) is 0.333. The van der Waals surface area contributed by atoms with Crippen molar-refractivity contribution < 1.29 is 4.74 Å². The van der Waals surface area contributed by atoms with Crippen LogP contribution in [0.5, 0.6) is 0 Å². The Balaban J connectivity index is 2.71. The van der Waals surface area contributed by atoms with Crippen LogP contribution in [0, 0.1) is 18.8 Å². The number of hydrogen-bond donors (Lipinski definition) is 0. The Morgan fingerprint density at radius 1 is 1.50 bits per heavy atom. The van der Waals surface area contributed by atoms with Gasteiger partial charge in [-0.05, 0) is 12.8 Å². The first-order chi connectivity index (χ1) is 5.83. The summed E-state index contributed by atoms with van der Waals surface area (Å²) in [5.74, 6) is 5.64. The number of rotatable bonds is 1. The van der Waals surface area contributed by atoms with E-state index >= 15 is 0 Å². The van der Waals surface area contributed by atoms with Crippen LogP contribution < -0.4 is 0 Å². The molecule has 1 aromatic heterocycles. The van der Waals surface area contributed by atoms with Crippen molar-refractivity contribution in [2.24, 2.45) is 0 Å². The lowest BCUT2D eigenvalue weighted by atomic mass is 10.4. The largest absolute Gasteiger partial charge is 0.372 e. The number of aromatic nitrogens is 2. The van der Waals surface area contributed by atoms with Crippen molar-refractivity contribution >= 4 is 0 Å². The lowest BCUT2D eigenvalue weighted by Gasteiger charge is -1.90. The van der Waals surface area contributed by atoms with E-state index < -0.39 is 0 Å². The van der Waals surface area contributed by atoms with Gasteiger partial charge < -0.3 is 4.74 Å². The minimum Gasteiger partial charge on any atom is -0.372 e. The summed E-state index contributed by atoms with van der Waals surface area (Å²) in [6, 6.07) is 0. The SMILES string of the molecule is COCC#Cc1cncc(C)n1. The molecule has 0 atom stereocenters. The van der Waals surface area contributed by atoms with Gasteiger partial charge in [0.25, 0.3) is 0 Å². The molecule has 0 aromatic carbocycles. The molecule has 0 aliphatic rings. The van der Waals surface area contributed by atoms with Crippen LogP contribution in [-0.2, 0) is 4.74 Å². The van der Waals surface area contributed by atoms with E-state index in [0.29, 0.717) is 12.3 Å². The Bertz CT molecular complexity index is 312. The van der Waals surface area contributed by atoms with Crippen molar-refractivity contribution in [3.05, 3.63) is 23.8 Å². The normalized spacial score (nSPS) is 8.83. The lowest BCUT2D eigenvalue weighted by molar-refractivity contribution is 0.240. The Kier molecular flexibility index (Phi) is 3.24. The molecule has 0 radical (unpaired) electrons. The van der Waals surface area contributed by atoms with Crippen LogP contribution in [0.25, 0.3) is 0 Å². The first kappa shape index (κ1) is 8.69. The highest BCUT2D eigenvalue weighted by Gasteiger charge is 1.88. The Labute approximate surface area is 71.8 Å². The summed E-state index contributed by atoms with van der Waals surface area (Å²) in [7, 11) is 1.61. The van der Waals surface area contributed by atoms with Gasteiger partial charge in [-0.15, -0.1) is 0 Å². The van der Waals surface area contributed by atoms with Gasteiger partial charge in [-0.2, -0.15) is 0 Å². The second-order valence-electron chi connectivity index (χ2n) is 2.28. The molecule has 12 heavy (non-hydrogen) atoms. The summed E-state index contributed by atoms with van der Waals surface area (Å²) in [6.45, 7) is 2.31. The smallest absolute Gasteiger partial charge is 0.131 e. The average Bonchev–Trinajstić information content (AvgIpc) is 2.05. The number of aryl methyl sites for hydroxylation is 1. The second-order valence-corrected chi connectivity index (χ2v) is 2.28. The van der Waals surface area contributed by atoms with Crippen LogP contribution >= 0.6 is 0 Å². The zero-order valence-corrected chi connectivity index (χ0v) is 7.16. The maximum Gasteiger partial charge on any atom is 0.131 e. The van der Waals surface area contributed by atoms with Gasteiger partial charge >= 0.3 is 0 Å². The third kappa shape index (κ3) is 2.69. The van der Waals surface area contributed by atoms with Crippen LogP contribution in [0.4, 0.5) is 0 Å². The zero-order valence-electron chi connectivity index (χ0n) is 7.16. The van der Waals surface area contributed by atoms with E-state index in [4.69, 9.17) is 4.74 Å². The molecule has 0 N–H and O–H groups in total. The third-order valence-electron chi connectivity index (χ3n) is 1.19. The fourth-order valence-corrected chi connectivity index (χ4v) is 0.723. The fourth-order valence-electron chi connectivity index (χ4n) is 0.723. The standard InChI is InChI=1S/C9H10N2O/c1-8-6-10-7-9(11-8)4-3-5-12-2/h6-7H,5H2,1-2H3. The molecular weight excluding hydrogens is 152 g/mol. The average molecular weight is 162 g/mol. The van der Waals surface area contributed by atoms with E-state index in [1.54, 1.807) is 19.5 Å². The summed E-state index contributed by atoms with van der Waals surface area (Å²) < 4.78 is 4.77. The highest BCUT2D eigenvalue weighted by molar-refractivity contribution is 5.25. The van der Waals surface area contributed by atoms with E-state index in [2.05, 4.69) is 21.8 Å². The van der Waals surface area contributed by atoms with Crippen LogP contribution in [0.3, 0.4) is 0 Å². The molecule has 0 saturated carbocycles. The molecule has 3 heteroatoms. The maximum absolute atomic E-state index is 4.77. The van der Waals surface area contributed by atoms with Crippen molar-refractivity contribution in [3.63, 3.8) is 0 Å². The van der Waals surface area contributed by atoms with Crippen LogP contribution in [0.2, 0.25) is 0 Å². The Morgan fingerprint density at radius 3 is 3.00 bits per heavy atom. The summed E-state index contributed by atoms with van der Waals surface area (Å²) in [4.78, 5) is 8.11. The molecule has 3 nitrogen and oxygen atoms in total. The topological polar surface area (TPSA) is 35.0 Å². The quantitative estimate of drug-likeness (QED) is 0.572. The molecule has 0 aliphatic carbocycles. The van der Waals surface area contributed by atoms with Gasteiger partial charge in [-0.3, -0.25) is 4.98 Å². The van der Waals surface area contributed by atoms with Gasteiger partial charge in [-0.1, -0.05) is 5.92 Å². The molecule has 0 saturated heterocycles. The molecular formula is C9H10N2O. The molecule has 0 aliphatic heterocycles. The first-order valence-corrected chi connectivity index (χ1v) is 3.59. The zero-order chi connectivity index (χ0) is 8.81. The minimum atomic E-state index is 0.426. The molecule has 1 heterocycles. The van der Waals surface area contributed by atoms with Crippen molar-refractivity contribution in [1.29, 1.82) is 0 Å². The molecule has 0 fully saturated rings. The van der Waals surface area contributed by atoms with Crippen LogP contribution in [0.1, 0.15) is 11.4 Å². The maximum atomic E-state index is 4.77. The van der Waals surface area contributed by atoms with Crippen LogP contribution in [-0.4, -0.2) is 23.7 Å². The van der Waals surface area contributed by atoms with Gasteiger partial charge in [0.05, 0.1) is 11.9 Å². The summed E-state index contributed by atoms with van der Waals surface area (Å²) in [5.41, 5.74) is 1.56. The summed E-state index contributed by atoms with van der Waals surface area (Å²) in [6.07, 6.45) is 3.33. The predicted molar refractivity (Wildman–Crippen MR) is 45.5 cm³/mol. The molecule has 0 amide bonds. The molecule has 0 bridgehead atoms. The van der Waals surface area contributed by atoms with E-state index in [0.717, 1.165) is 5.69 Å². The Hall–Kier alpha value is -1.40. The van der Waals surface area contributed by atoms with Gasteiger partial charge in [0, 0.05) is 13.3 Å². The molecule has 0 unspecified atom stereocenters. The van der Waals surface area contributed by atoms with E-state index in [1.165, 1.54) is 0 Å². The number of nitrogens with zero attached hydrogens (tertiary/aromatic N) is 2. The van der Waals surface area contributed by atoms with Crippen molar-refractivity contribution in [3.8, 4) is 11.8 Å². The van der Waals surface area contributed by atoms with Crippen molar-refractivity contribution in [2.45, 2.75) is 6.92 Å². The van der Waals surface area contributed by atoms with E-state index in [1.807, 2.05) is 6.92 Å². The number of ether oxygens (including phenoxy) is 1. The highest BCUT2D eigenvalue weighted by atomic mass is 16.5. The second kappa shape index (κ2) is 4.47. The molecule has 0 spiro atoms. The van der Waals surface area contributed by atoms with Gasteiger partial charge in [0.15, 0.2) is 0 Å². The third-order valence-corrected chi connectivity index (χ3v) is 1.19. The summed E-state index contributed by atoms with van der Waals surface area (Å²) in [5, 5.41) is 0. The molecule has 62 valence electrons. The predicted octanol–water partition coefficient (Wildman–Crippen LogP) is 0.783. The molecule has 1 rings (SSSR count). The van der Waals surface area contributed by atoms with E-state index in [-0.39, 0.29) is 0 Å². The van der Waals surface area contributed by atoms with Crippen molar-refractivity contribution in [2.75, 3.05) is 13.7 Å². The molecule has 1 aromatic rings. The van der Waals surface area contributed by atoms with Crippen molar-refractivity contribution in [1.82, 2.24) is 9.97 Å². The van der Waals surface area contributed by atoms with Gasteiger partial charge in [0.2, 0.25) is 0 Å². The van der Waals surface area contributed by atoms with Gasteiger partial charge in [0.1, 0.15) is 12.3 Å². The Morgan fingerprint density at radius 2 is 2.33 bits per heavy atom. The number of hydrogen-bond acceptors (Lipinski definition) is 3. The highest BCUT2D eigenvalue weighted by Crippen LogP contribution is 1.91. The number of methoxy groups -OCH3 is 1. The summed E-state index contributed by atoms with van der Waals surface area (Å²) >= 11 is 0. The monoisotopic (exact) mass is 162 g/mol. The van der Waals surface area contributed by atoms with Gasteiger partial charge in [-0.25, -0.2) is 4.98 Å². The minimum absolute atomic E-state index is 0.426. The first-order valence-electron chi connectivity index (χ1n) is 3.59. The lowest BCUT2D eigenvalue weighted by Crippen LogP contribution is -1.89.